The molecule has 4 N–H and O–H groups in total. The smallest absolute Gasteiger partial charge is 0.250 e. The molecule has 7 nitrogen and oxygen atoms in total. The Bertz CT molecular complexity index is 913. The normalized spacial score (nSPS) is 15.4. The Balaban J connectivity index is 1.67. The number of nitrogens with one attached hydrogen (secondary N) is 2. The number of anilines is 1. The fourth-order valence-electron chi connectivity index (χ4n) is 3.15. The molecule has 1 aliphatic heterocycles. The average Bonchev–Trinajstić information content (AvgIpc) is 3.06. The molecule has 128 valence electrons. The van der Waals surface area contributed by atoms with Gasteiger partial charge in [0.05, 0.1) is 23.1 Å². The Labute approximate surface area is 145 Å². The van der Waals surface area contributed by atoms with Crippen molar-refractivity contribution in [2.45, 2.75) is 18.9 Å². The predicted octanol–water partition coefficient (Wildman–Crippen LogP) is 1.66. The second-order valence-electron chi connectivity index (χ2n) is 6.23. The van der Waals surface area contributed by atoms with Gasteiger partial charge in [0.2, 0.25) is 5.91 Å². The summed E-state index contributed by atoms with van der Waals surface area (Å²) in [6.07, 6.45) is 5.64. The zero-order chi connectivity index (χ0) is 17.2. The second-order valence-corrected chi connectivity index (χ2v) is 6.23. The minimum Gasteiger partial charge on any atom is -0.367 e. The number of imidazole rings is 1. The standard InChI is InChI=1S/C18H20N6O/c19-18(25)12-4-5-17-21-10-15(24(17)11-12)14-2-1-3-16(23-14)22-13-6-8-20-9-7-13/h1-5,10-11,13,20H,6-9H2,(H2,19,25)(H,22,23). The predicted molar refractivity (Wildman–Crippen MR) is 96.5 cm³/mol. The van der Waals surface area contributed by atoms with E-state index in [1.807, 2.05) is 22.6 Å². The molecule has 4 rings (SSSR count). The molecule has 1 saturated heterocycles. The van der Waals surface area contributed by atoms with Gasteiger partial charge in [-0.05, 0) is 50.2 Å². The summed E-state index contributed by atoms with van der Waals surface area (Å²) in [5.74, 6) is 0.390. The number of primary amides is 1. The van der Waals surface area contributed by atoms with E-state index in [2.05, 4.69) is 15.6 Å². The van der Waals surface area contributed by atoms with Crippen LogP contribution in [-0.2, 0) is 0 Å². The molecule has 0 aliphatic carbocycles. The molecule has 3 aromatic heterocycles. The van der Waals surface area contributed by atoms with Gasteiger partial charge in [0, 0.05) is 12.2 Å². The van der Waals surface area contributed by atoms with Crippen LogP contribution in [0.15, 0.2) is 42.7 Å². The SMILES string of the molecule is NC(=O)c1ccc2ncc(-c3cccc(NC4CCNCC4)n3)n2c1. The third kappa shape index (κ3) is 3.18. The first-order valence-corrected chi connectivity index (χ1v) is 8.42. The van der Waals surface area contributed by atoms with Crippen LogP contribution in [0.1, 0.15) is 23.2 Å². The number of carbonyl (C=O) groups excluding carboxylic acids is 1. The number of piperidine rings is 1. The van der Waals surface area contributed by atoms with Crippen LogP contribution < -0.4 is 16.4 Å². The van der Waals surface area contributed by atoms with Crippen LogP contribution in [0.4, 0.5) is 5.82 Å². The zero-order valence-corrected chi connectivity index (χ0v) is 13.8. The van der Waals surface area contributed by atoms with Gasteiger partial charge in [0.1, 0.15) is 11.5 Å². The molecular weight excluding hydrogens is 316 g/mol. The molecule has 3 aromatic rings. The highest BCUT2D eigenvalue weighted by Gasteiger charge is 2.14. The van der Waals surface area contributed by atoms with Crippen molar-refractivity contribution >= 4 is 17.4 Å². The minimum atomic E-state index is -0.462. The number of aromatic nitrogens is 3. The number of pyridine rings is 2. The number of nitrogens with zero attached hydrogens (tertiary/aromatic N) is 3. The number of hydrogen-bond acceptors (Lipinski definition) is 5. The van der Waals surface area contributed by atoms with Crippen molar-refractivity contribution in [3.63, 3.8) is 0 Å². The lowest BCUT2D eigenvalue weighted by molar-refractivity contribution is 0.1000. The van der Waals surface area contributed by atoms with E-state index in [9.17, 15) is 4.79 Å². The van der Waals surface area contributed by atoms with E-state index in [4.69, 9.17) is 10.7 Å². The molecule has 0 saturated carbocycles. The molecule has 4 heterocycles. The highest BCUT2D eigenvalue weighted by molar-refractivity contribution is 5.92. The number of rotatable bonds is 4. The lowest BCUT2D eigenvalue weighted by atomic mass is 10.1. The number of nitrogens with two attached hydrogens (primary N) is 1. The minimum absolute atomic E-state index is 0.438. The van der Waals surface area contributed by atoms with Crippen LogP contribution in [0, 0.1) is 0 Å². The highest BCUT2D eigenvalue weighted by Crippen LogP contribution is 2.22. The van der Waals surface area contributed by atoms with Gasteiger partial charge in [-0.1, -0.05) is 6.07 Å². The van der Waals surface area contributed by atoms with Gasteiger partial charge in [-0.15, -0.1) is 0 Å². The van der Waals surface area contributed by atoms with Gasteiger partial charge in [0.25, 0.3) is 0 Å². The topological polar surface area (TPSA) is 97.3 Å². The lowest BCUT2D eigenvalue weighted by Gasteiger charge is -2.24. The van der Waals surface area contributed by atoms with Crippen molar-refractivity contribution in [1.29, 1.82) is 0 Å². The van der Waals surface area contributed by atoms with Crippen molar-refractivity contribution in [2.24, 2.45) is 5.73 Å². The van der Waals surface area contributed by atoms with Crippen LogP contribution in [0.25, 0.3) is 17.0 Å². The van der Waals surface area contributed by atoms with Gasteiger partial charge in [-0.2, -0.15) is 0 Å². The first-order valence-electron chi connectivity index (χ1n) is 8.42. The van der Waals surface area contributed by atoms with Crippen LogP contribution in [0.2, 0.25) is 0 Å². The maximum Gasteiger partial charge on any atom is 0.250 e. The van der Waals surface area contributed by atoms with Gasteiger partial charge >= 0.3 is 0 Å². The maximum atomic E-state index is 11.4. The van der Waals surface area contributed by atoms with Crippen LogP contribution in [-0.4, -0.2) is 39.4 Å². The summed E-state index contributed by atoms with van der Waals surface area (Å²) in [5.41, 5.74) is 8.20. The third-order valence-corrected chi connectivity index (χ3v) is 4.49. The van der Waals surface area contributed by atoms with Crippen LogP contribution in [0.5, 0.6) is 0 Å². The summed E-state index contributed by atoms with van der Waals surface area (Å²) < 4.78 is 1.84. The summed E-state index contributed by atoms with van der Waals surface area (Å²) in [6, 6.07) is 9.78. The molecule has 0 aromatic carbocycles. The average molecular weight is 336 g/mol. The summed E-state index contributed by atoms with van der Waals surface area (Å²) in [5, 5.41) is 6.86. The van der Waals surface area contributed by atoms with Gasteiger partial charge in [0.15, 0.2) is 0 Å². The van der Waals surface area contributed by atoms with Gasteiger partial charge in [-0.25, -0.2) is 9.97 Å². The van der Waals surface area contributed by atoms with Crippen molar-refractivity contribution < 1.29 is 4.79 Å². The summed E-state index contributed by atoms with van der Waals surface area (Å²) in [4.78, 5) is 20.6. The van der Waals surface area contributed by atoms with Crippen molar-refractivity contribution in [1.82, 2.24) is 19.7 Å². The fraction of sp³-hybridized carbons (Fsp3) is 0.278. The van der Waals surface area contributed by atoms with Gasteiger partial charge < -0.3 is 16.4 Å². The first-order chi connectivity index (χ1) is 12.2. The molecule has 1 amide bonds. The van der Waals surface area contributed by atoms with E-state index < -0.39 is 5.91 Å². The molecule has 25 heavy (non-hydrogen) atoms. The number of fused-ring (bicyclic) bond motifs is 1. The number of carbonyl (C=O) groups is 1. The molecule has 0 bridgehead atoms. The molecule has 1 fully saturated rings. The van der Waals surface area contributed by atoms with E-state index in [0.717, 1.165) is 48.8 Å². The quantitative estimate of drug-likeness (QED) is 0.673. The van der Waals surface area contributed by atoms with Gasteiger partial charge in [-0.3, -0.25) is 9.20 Å². The Morgan fingerprint density at radius 3 is 2.88 bits per heavy atom. The van der Waals surface area contributed by atoms with E-state index >= 15 is 0 Å². The summed E-state index contributed by atoms with van der Waals surface area (Å²) >= 11 is 0. The first kappa shape index (κ1) is 15.6. The molecule has 0 atom stereocenters. The van der Waals surface area contributed by atoms with E-state index in [1.54, 1.807) is 24.5 Å². The monoisotopic (exact) mass is 336 g/mol. The Morgan fingerprint density at radius 2 is 2.08 bits per heavy atom. The van der Waals surface area contributed by atoms with Crippen LogP contribution in [0.3, 0.4) is 0 Å². The summed E-state index contributed by atoms with van der Waals surface area (Å²) in [7, 11) is 0. The summed E-state index contributed by atoms with van der Waals surface area (Å²) in [6.45, 7) is 2.06. The lowest BCUT2D eigenvalue weighted by Crippen LogP contribution is -2.35. The third-order valence-electron chi connectivity index (χ3n) is 4.49. The maximum absolute atomic E-state index is 11.4. The fourth-order valence-corrected chi connectivity index (χ4v) is 3.15. The largest absolute Gasteiger partial charge is 0.367 e. The molecule has 0 radical (unpaired) electrons. The van der Waals surface area contributed by atoms with Crippen molar-refractivity contribution in [2.75, 3.05) is 18.4 Å². The van der Waals surface area contributed by atoms with Crippen molar-refractivity contribution in [3.05, 3.63) is 48.3 Å². The Morgan fingerprint density at radius 1 is 1.24 bits per heavy atom. The van der Waals surface area contributed by atoms with E-state index in [0.29, 0.717) is 11.6 Å². The molecule has 1 aliphatic rings. The van der Waals surface area contributed by atoms with E-state index in [1.165, 1.54) is 0 Å². The molecular formula is C18H20N6O. The Hall–Kier alpha value is -2.93. The van der Waals surface area contributed by atoms with E-state index in [-0.39, 0.29) is 0 Å². The highest BCUT2D eigenvalue weighted by atomic mass is 16.1. The Kier molecular flexibility index (Phi) is 4.07. The second kappa shape index (κ2) is 6.52. The van der Waals surface area contributed by atoms with Crippen LogP contribution >= 0.6 is 0 Å². The van der Waals surface area contributed by atoms with Crippen molar-refractivity contribution in [3.8, 4) is 11.4 Å². The number of amides is 1. The molecule has 0 unspecified atom stereocenters. The molecule has 7 heteroatoms. The molecule has 0 spiro atoms. The number of hydrogen-bond donors (Lipinski definition) is 3. The zero-order valence-electron chi connectivity index (χ0n) is 13.8.